The smallest absolute Gasteiger partial charge is 0.310 e. The van der Waals surface area contributed by atoms with Gasteiger partial charge in [0.25, 0.3) is 0 Å². The Morgan fingerprint density at radius 3 is 2.54 bits per heavy atom. The van der Waals surface area contributed by atoms with Crippen LogP contribution in [0.3, 0.4) is 0 Å². The zero-order valence-corrected chi connectivity index (χ0v) is 14.8. The molecular weight excluding hydrogens is 326 g/mol. The molecule has 130 valence electrons. The van der Waals surface area contributed by atoms with E-state index in [4.69, 9.17) is 16.3 Å². The van der Waals surface area contributed by atoms with Gasteiger partial charge in [-0.1, -0.05) is 30.2 Å². The minimum atomic E-state index is -0.429. The Bertz CT molecular complexity index is 610. The number of rotatable bonds is 4. The highest BCUT2D eigenvalue weighted by atomic mass is 35.5. The summed E-state index contributed by atoms with van der Waals surface area (Å²) in [6.45, 7) is 3.41. The maximum absolute atomic E-state index is 13.3. The number of halogens is 1. The third-order valence-corrected chi connectivity index (χ3v) is 5.59. The number of ether oxygens (including phenoxy) is 1. The Hall–Kier alpha value is -1.55. The average molecular weight is 350 g/mol. The molecule has 1 heterocycles. The van der Waals surface area contributed by atoms with Crippen molar-refractivity contribution < 1.29 is 14.3 Å². The second-order valence-electron chi connectivity index (χ2n) is 6.78. The molecule has 1 aromatic carbocycles. The third kappa shape index (κ3) is 3.16. The van der Waals surface area contributed by atoms with Crippen LogP contribution < -0.4 is 0 Å². The van der Waals surface area contributed by atoms with Crippen molar-refractivity contribution in [1.29, 1.82) is 0 Å². The lowest BCUT2D eigenvalue weighted by atomic mass is 9.63. The first kappa shape index (κ1) is 17.3. The zero-order valence-electron chi connectivity index (χ0n) is 14.1. The number of hydrogen-bond donors (Lipinski definition) is 0. The highest BCUT2D eigenvalue weighted by molar-refractivity contribution is 6.30. The van der Waals surface area contributed by atoms with Crippen molar-refractivity contribution in [2.45, 2.75) is 44.4 Å². The molecule has 1 aliphatic carbocycles. The lowest BCUT2D eigenvalue weighted by Crippen LogP contribution is -2.54. The van der Waals surface area contributed by atoms with E-state index < -0.39 is 5.41 Å². The van der Waals surface area contributed by atoms with Crippen molar-refractivity contribution >= 4 is 23.5 Å². The maximum atomic E-state index is 13.3. The highest BCUT2D eigenvalue weighted by Gasteiger charge is 2.48. The predicted molar refractivity (Wildman–Crippen MR) is 92.9 cm³/mol. The second kappa shape index (κ2) is 7.14. The molecule has 0 radical (unpaired) electrons. The summed E-state index contributed by atoms with van der Waals surface area (Å²) in [7, 11) is 0. The van der Waals surface area contributed by atoms with E-state index in [1.807, 2.05) is 36.1 Å². The van der Waals surface area contributed by atoms with Gasteiger partial charge in [-0.2, -0.15) is 0 Å². The van der Waals surface area contributed by atoms with E-state index in [0.717, 1.165) is 44.2 Å². The number of benzene rings is 1. The van der Waals surface area contributed by atoms with Crippen LogP contribution in [-0.2, 0) is 19.7 Å². The summed E-state index contributed by atoms with van der Waals surface area (Å²) >= 11 is 5.99. The topological polar surface area (TPSA) is 46.6 Å². The van der Waals surface area contributed by atoms with Gasteiger partial charge in [0.2, 0.25) is 5.91 Å². The number of likely N-dealkylation sites (tertiary alicyclic amines) is 1. The van der Waals surface area contributed by atoms with Gasteiger partial charge in [0.1, 0.15) is 0 Å². The maximum Gasteiger partial charge on any atom is 0.310 e. The molecule has 0 bridgehead atoms. The van der Waals surface area contributed by atoms with E-state index in [2.05, 4.69) is 0 Å². The Morgan fingerprint density at radius 1 is 1.25 bits per heavy atom. The van der Waals surface area contributed by atoms with Crippen LogP contribution in [-0.4, -0.2) is 36.5 Å². The van der Waals surface area contributed by atoms with Gasteiger partial charge in [0, 0.05) is 18.1 Å². The second-order valence-corrected chi connectivity index (χ2v) is 7.22. The lowest BCUT2D eigenvalue weighted by Gasteiger charge is -2.45. The number of hydrogen-bond acceptors (Lipinski definition) is 3. The number of esters is 1. The Morgan fingerprint density at radius 2 is 1.96 bits per heavy atom. The van der Waals surface area contributed by atoms with Crippen molar-refractivity contribution in [3.63, 3.8) is 0 Å². The van der Waals surface area contributed by atoms with E-state index >= 15 is 0 Å². The van der Waals surface area contributed by atoms with Gasteiger partial charge in [-0.05, 0) is 50.3 Å². The monoisotopic (exact) mass is 349 g/mol. The van der Waals surface area contributed by atoms with Gasteiger partial charge in [0.15, 0.2) is 0 Å². The first-order valence-electron chi connectivity index (χ1n) is 8.79. The Labute approximate surface area is 148 Å². The molecule has 1 aliphatic heterocycles. The molecule has 1 amide bonds. The fraction of sp³-hybridized carbons (Fsp3) is 0.579. The van der Waals surface area contributed by atoms with Crippen molar-refractivity contribution in [2.24, 2.45) is 5.92 Å². The Kier molecular flexibility index (Phi) is 5.14. The quantitative estimate of drug-likeness (QED) is 0.781. The van der Waals surface area contributed by atoms with Crippen LogP contribution in [0.1, 0.15) is 44.6 Å². The molecule has 4 nitrogen and oxygen atoms in total. The standard InChI is InChI=1S/C19H24ClNO3/c1-2-24-17(22)14-5-3-12-21(13-14)18(23)19(10-4-11-19)15-6-8-16(20)9-7-15/h6-9,14H,2-5,10-13H2,1H3/t14-/m0/s1. The molecule has 1 saturated carbocycles. The minimum absolute atomic E-state index is 0.157. The first-order chi connectivity index (χ1) is 11.6. The van der Waals surface area contributed by atoms with Gasteiger partial charge in [-0.25, -0.2) is 0 Å². The van der Waals surface area contributed by atoms with Crippen LogP contribution in [0.2, 0.25) is 5.02 Å². The fourth-order valence-corrected chi connectivity index (χ4v) is 3.97. The number of amides is 1. The highest BCUT2D eigenvalue weighted by Crippen LogP contribution is 2.46. The molecule has 1 atom stereocenters. The van der Waals surface area contributed by atoms with Gasteiger partial charge in [-0.3, -0.25) is 9.59 Å². The summed E-state index contributed by atoms with van der Waals surface area (Å²) in [6.07, 6.45) is 4.45. The third-order valence-electron chi connectivity index (χ3n) is 5.34. The van der Waals surface area contributed by atoms with E-state index in [0.29, 0.717) is 18.2 Å². The molecule has 0 unspecified atom stereocenters. The molecule has 2 aliphatic rings. The summed E-state index contributed by atoms with van der Waals surface area (Å²) in [5.74, 6) is -0.209. The van der Waals surface area contributed by atoms with Gasteiger partial charge in [-0.15, -0.1) is 0 Å². The van der Waals surface area contributed by atoms with Crippen LogP contribution >= 0.6 is 11.6 Å². The number of carbonyl (C=O) groups is 2. The van der Waals surface area contributed by atoms with Crippen LogP contribution in [0.15, 0.2) is 24.3 Å². The normalized spacial score (nSPS) is 22.6. The molecule has 5 heteroatoms. The van der Waals surface area contributed by atoms with Crippen LogP contribution in [0.4, 0.5) is 0 Å². The molecule has 1 saturated heterocycles. The summed E-state index contributed by atoms with van der Waals surface area (Å²) < 4.78 is 5.14. The molecule has 0 spiro atoms. The van der Waals surface area contributed by atoms with Crippen LogP contribution in [0.5, 0.6) is 0 Å². The number of piperidine rings is 1. The first-order valence-corrected chi connectivity index (χ1v) is 9.16. The molecule has 1 aromatic rings. The molecule has 0 aromatic heterocycles. The van der Waals surface area contributed by atoms with E-state index in [9.17, 15) is 9.59 Å². The number of carbonyl (C=O) groups excluding carboxylic acids is 2. The molecule has 24 heavy (non-hydrogen) atoms. The lowest BCUT2D eigenvalue weighted by molar-refractivity contribution is -0.153. The summed E-state index contributed by atoms with van der Waals surface area (Å²) in [6, 6.07) is 7.63. The summed E-state index contributed by atoms with van der Waals surface area (Å²) in [5, 5.41) is 0.682. The average Bonchev–Trinajstić information content (AvgIpc) is 2.56. The predicted octanol–water partition coefficient (Wildman–Crippen LogP) is 3.56. The SMILES string of the molecule is CCOC(=O)[C@H]1CCCN(C(=O)C2(c3ccc(Cl)cc3)CCC2)C1. The van der Waals surface area contributed by atoms with Gasteiger partial charge in [0.05, 0.1) is 17.9 Å². The molecular formula is C19H24ClNO3. The van der Waals surface area contributed by atoms with Gasteiger partial charge < -0.3 is 9.64 Å². The van der Waals surface area contributed by atoms with E-state index in [1.165, 1.54) is 0 Å². The Balaban J connectivity index is 1.76. The van der Waals surface area contributed by atoms with Crippen LogP contribution in [0, 0.1) is 5.92 Å². The molecule has 0 N–H and O–H groups in total. The van der Waals surface area contributed by atoms with Gasteiger partial charge >= 0.3 is 5.97 Å². The summed E-state index contributed by atoms with van der Waals surface area (Å²) in [4.78, 5) is 27.2. The van der Waals surface area contributed by atoms with Crippen molar-refractivity contribution in [3.8, 4) is 0 Å². The fourth-order valence-electron chi connectivity index (χ4n) is 3.84. The minimum Gasteiger partial charge on any atom is -0.466 e. The molecule has 3 rings (SSSR count). The molecule has 2 fully saturated rings. The van der Waals surface area contributed by atoms with Crippen molar-refractivity contribution in [1.82, 2.24) is 4.90 Å². The van der Waals surface area contributed by atoms with Crippen LogP contribution in [0.25, 0.3) is 0 Å². The zero-order chi connectivity index (χ0) is 17.2. The van der Waals surface area contributed by atoms with Crippen molar-refractivity contribution in [3.05, 3.63) is 34.9 Å². The van der Waals surface area contributed by atoms with Crippen molar-refractivity contribution in [2.75, 3.05) is 19.7 Å². The van der Waals surface area contributed by atoms with E-state index in [-0.39, 0.29) is 17.8 Å². The van der Waals surface area contributed by atoms with E-state index in [1.54, 1.807) is 0 Å². The number of nitrogens with zero attached hydrogens (tertiary/aromatic N) is 1. The summed E-state index contributed by atoms with van der Waals surface area (Å²) in [5.41, 5.74) is 0.614. The largest absolute Gasteiger partial charge is 0.466 e.